The van der Waals surface area contributed by atoms with Crippen molar-refractivity contribution in [3.05, 3.63) is 111 Å². The molecule has 0 bridgehead atoms. The Kier molecular flexibility index (Phi) is 14.2. The van der Waals surface area contributed by atoms with Crippen LogP contribution in [0.15, 0.2) is 65.7 Å². The van der Waals surface area contributed by atoms with E-state index in [1.165, 1.54) is 28.1 Å². The van der Waals surface area contributed by atoms with E-state index in [1.807, 2.05) is 6.07 Å². The van der Waals surface area contributed by atoms with E-state index in [1.54, 1.807) is 35.2 Å². The van der Waals surface area contributed by atoms with Gasteiger partial charge < -0.3 is 25.4 Å². The number of rotatable bonds is 14. The van der Waals surface area contributed by atoms with Gasteiger partial charge in [0.05, 0.1) is 53.7 Å². The van der Waals surface area contributed by atoms with Gasteiger partial charge in [-0.05, 0) is 124 Å². The topological polar surface area (TPSA) is 159 Å². The van der Waals surface area contributed by atoms with Crippen molar-refractivity contribution in [2.24, 2.45) is 5.92 Å². The van der Waals surface area contributed by atoms with E-state index < -0.39 is 29.1 Å². The number of carbonyl (C=O) groups excluding carboxylic acids is 3. The van der Waals surface area contributed by atoms with Gasteiger partial charge in [0.15, 0.2) is 0 Å². The van der Waals surface area contributed by atoms with Crippen molar-refractivity contribution in [2.75, 3.05) is 57.8 Å². The first-order valence-corrected chi connectivity index (χ1v) is 22.8. The smallest absolute Gasteiger partial charge is 0.388 e. The van der Waals surface area contributed by atoms with Crippen molar-refractivity contribution in [3.8, 4) is 0 Å². The van der Waals surface area contributed by atoms with Gasteiger partial charge in [-0.3, -0.25) is 33.6 Å². The number of anilines is 1. The predicted molar refractivity (Wildman–Crippen MR) is 241 cm³/mol. The molecule has 0 spiro atoms. The Labute approximate surface area is 379 Å². The number of benzene rings is 3. The summed E-state index contributed by atoms with van der Waals surface area (Å²) in [7, 11) is 0. The Morgan fingerprint density at radius 3 is 2.47 bits per heavy atom. The fourth-order valence-corrected chi connectivity index (χ4v) is 9.51. The van der Waals surface area contributed by atoms with Gasteiger partial charge in [0, 0.05) is 73.9 Å². The number of hydrogen-bond donors (Lipinski definition) is 3. The van der Waals surface area contributed by atoms with Gasteiger partial charge in [-0.15, -0.1) is 0 Å². The Morgan fingerprint density at radius 1 is 0.939 bits per heavy atom. The molecule has 2 fully saturated rings. The van der Waals surface area contributed by atoms with Crippen LogP contribution in [-0.2, 0) is 46.3 Å². The summed E-state index contributed by atoms with van der Waals surface area (Å²) in [5.41, 5.74) is 2.60. The maximum absolute atomic E-state index is 14.3. The lowest BCUT2D eigenvalue weighted by Gasteiger charge is -2.39. The third kappa shape index (κ3) is 10.9. The van der Waals surface area contributed by atoms with E-state index in [2.05, 4.69) is 27.4 Å². The van der Waals surface area contributed by atoms with Crippen molar-refractivity contribution < 1.29 is 41.8 Å². The van der Waals surface area contributed by atoms with Crippen LogP contribution in [-0.4, -0.2) is 105 Å². The zero-order valence-electron chi connectivity index (χ0n) is 37.0. The van der Waals surface area contributed by atoms with Crippen molar-refractivity contribution >= 4 is 45.2 Å². The predicted octanol–water partition coefficient (Wildman–Crippen LogP) is 6.37. The second-order valence-electron chi connectivity index (χ2n) is 17.9. The molecule has 3 N–H and O–H groups in total. The van der Waals surface area contributed by atoms with E-state index in [-0.39, 0.29) is 80.7 Å². The number of carbonyl (C=O) groups is 3. The molecule has 350 valence electrons. The third-order valence-electron chi connectivity index (χ3n) is 13.3. The first-order valence-electron chi connectivity index (χ1n) is 22.8. The number of nitrogens with one attached hydrogen (secondary N) is 2. The SMILES string of the molecule is Cc1c2c(nc3cc(C(=O)NCCCC(Cc4ccc(F)c(C(F)(F)F)c4)C(=O)N4CCC(O)(Cn5cnc6cc(NC(=O)CCN7CCOCC7)ccc6c5=O)CC4)ccc13)CCCC2. The zero-order valence-corrected chi connectivity index (χ0v) is 37.0. The number of nitrogens with zero attached hydrogens (tertiary/aromatic N) is 5. The molecule has 2 saturated heterocycles. The molecule has 3 amide bonds. The van der Waals surface area contributed by atoms with Crippen molar-refractivity contribution in [1.82, 2.24) is 29.7 Å². The van der Waals surface area contributed by atoms with E-state index >= 15 is 0 Å². The molecule has 4 heterocycles. The number of hydrogen-bond acceptors (Lipinski definition) is 9. The minimum Gasteiger partial charge on any atom is -0.388 e. The van der Waals surface area contributed by atoms with Crippen molar-refractivity contribution in [3.63, 3.8) is 0 Å². The Morgan fingerprint density at radius 2 is 1.70 bits per heavy atom. The highest BCUT2D eigenvalue weighted by Crippen LogP contribution is 2.34. The summed E-state index contributed by atoms with van der Waals surface area (Å²) in [6.07, 6.45) is 1.49. The Balaban J connectivity index is 0.893. The van der Waals surface area contributed by atoms with Gasteiger partial charge in [0.1, 0.15) is 5.82 Å². The van der Waals surface area contributed by atoms with Gasteiger partial charge in [-0.1, -0.05) is 12.1 Å². The van der Waals surface area contributed by atoms with Crippen LogP contribution >= 0.6 is 0 Å². The molecule has 0 saturated carbocycles. The number of piperidine rings is 1. The maximum Gasteiger partial charge on any atom is 0.419 e. The standard InChI is InChI=1S/C49H55F4N7O6/c1-31-36-6-2-3-7-41(36)57-43-27-33(9-11-37(31)43)45(62)54-17-4-5-34(25-32-8-13-40(50)39(26-32)49(51,52)53)46(63)59-19-15-48(65,16-20-59)29-60-30-55-42-28-35(10-12-38(42)47(60)64)56-44(61)14-18-58-21-23-66-24-22-58/h8-13,26-28,30,34,65H,2-7,14-25,29H2,1H3,(H,54,62)(H,56,61). The van der Waals surface area contributed by atoms with E-state index in [0.717, 1.165) is 67.5 Å². The summed E-state index contributed by atoms with van der Waals surface area (Å²) in [6.45, 7) is 5.86. The molecule has 1 aliphatic carbocycles. The summed E-state index contributed by atoms with van der Waals surface area (Å²) in [5.74, 6) is -3.04. The fraction of sp³-hybridized carbons (Fsp3) is 0.469. The average molecular weight is 914 g/mol. The number of aliphatic hydroxyl groups is 1. The van der Waals surface area contributed by atoms with E-state index in [4.69, 9.17) is 9.72 Å². The molecule has 8 rings (SSSR count). The summed E-state index contributed by atoms with van der Waals surface area (Å²) in [6, 6.07) is 13.0. The number of fused-ring (bicyclic) bond motifs is 3. The van der Waals surface area contributed by atoms with Gasteiger partial charge in [-0.2, -0.15) is 13.2 Å². The molecule has 2 aliphatic heterocycles. The average Bonchev–Trinajstić information content (AvgIpc) is 3.30. The summed E-state index contributed by atoms with van der Waals surface area (Å²) >= 11 is 0. The summed E-state index contributed by atoms with van der Waals surface area (Å²) in [4.78, 5) is 66.7. The number of ether oxygens (including phenoxy) is 1. The van der Waals surface area contributed by atoms with E-state index in [9.17, 15) is 41.8 Å². The number of alkyl halides is 3. The molecule has 3 aliphatic rings. The highest BCUT2D eigenvalue weighted by atomic mass is 19.4. The minimum absolute atomic E-state index is 0.0924. The highest BCUT2D eigenvalue weighted by Gasteiger charge is 2.38. The number of amides is 3. The maximum atomic E-state index is 14.3. The summed E-state index contributed by atoms with van der Waals surface area (Å²) < 4.78 is 62.0. The molecule has 3 aromatic carbocycles. The third-order valence-corrected chi connectivity index (χ3v) is 13.3. The zero-order chi connectivity index (χ0) is 46.6. The summed E-state index contributed by atoms with van der Waals surface area (Å²) in [5, 5.41) is 18.8. The van der Waals surface area contributed by atoms with Crippen LogP contribution in [0.1, 0.15) is 83.3 Å². The molecule has 2 aromatic heterocycles. The van der Waals surface area contributed by atoms with Crippen LogP contribution in [0, 0.1) is 18.7 Å². The van der Waals surface area contributed by atoms with Crippen LogP contribution in [0.2, 0.25) is 0 Å². The van der Waals surface area contributed by atoms with Crippen molar-refractivity contribution in [1.29, 1.82) is 0 Å². The van der Waals surface area contributed by atoms with Crippen LogP contribution < -0.4 is 16.2 Å². The number of aromatic nitrogens is 3. The lowest BCUT2D eigenvalue weighted by atomic mass is 9.88. The Bertz CT molecular complexity index is 2680. The van der Waals surface area contributed by atoms with Crippen LogP contribution in [0.3, 0.4) is 0 Å². The van der Waals surface area contributed by atoms with Crippen LogP contribution in [0.5, 0.6) is 0 Å². The quantitative estimate of drug-likeness (QED) is 0.0851. The second kappa shape index (κ2) is 20.0. The van der Waals surface area contributed by atoms with E-state index in [0.29, 0.717) is 54.8 Å². The fourth-order valence-electron chi connectivity index (χ4n) is 9.51. The molecular weight excluding hydrogens is 859 g/mol. The molecule has 0 radical (unpaired) electrons. The number of aryl methyl sites for hydroxylation is 2. The molecule has 13 nitrogen and oxygen atoms in total. The first kappa shape index (κ1) is 46.7. The normalized spacial score (nSPS) is 17.1. The first-order chi connectivity index (χ1) is 31.6. The Hall–Kier alpha value is -5.78. The molecular formula is C49H55F4N7O6. The monoisotopic (exact) mass is 913 g/mol. The van der Waals surface area contributed by atoms with Gasteiger partial charge in [0.25, 0.3) is 11.5 Å². The largest absolute Gasteiger partial charge is 0.419 e. The molecule has 5 aromatic rings. The highest BCUT2D eigenvalue weighted by molar-refractivity contribution is 5.98. The molecule has 17 heteroatoms. The lowest BCUT2D eigenvalue weighted by Crippen LogP contribution is -2.51. The van der Waals surface area contributed by atoms with Crippen LogP contribution in [0.4, 0.5) is 23.2 Å². The molecule has 66 heavy (non-hydrogen) atoms. The molecule has 1 unspecified atom stereocenters. The number of likely N-dealkylation sites (tertiary alicyclic amines) is 1. The van der Waals surface area contributed by atoms with Gasteiger partial charge in [0.2, 0.25) is 11.8 Å². The second-order valence-corrected chi connectivity index (χ2v) is 17.9. The molecule has 1 atom stereocenters. The van der Waals surface area contributed by atoms with Gasteiger partial charge in [-0.25, -0.2) is 9.37 Å². The van der Waals surface area contributed by atoms with Crippen LogP contribution in [0.25, 0.3) is 21.8 Å². The van der Waals surface area contributed by atoms with Crippen molar-refractivity contribution in [2.45, 2.75) is 89.5 Å². The number of morpholine rings is 1. The minimum atomic E-state index is -4.93. The lowest BCUT2D eigenvalue weighted by molar-refractivity contribution is -0.140. The number of halogens is 4. The van der Waals surface area contributed by atoms with Gasteiger partial charge >= 0.3 is 6.18 Å². The number of pyridine rings is 1.